The minimum atomic E-state index is -0.784. The molecule has 0 saturated carbocycles. The molecule has 0 bridgehead atoms. The lowest BCUT2D eigenvalue weighted by atomic mass is 10.1. The first-order valence-corrected chi connectivity index (χ1v) is 8.02. The number of rotatable bonds is 6. The van der Waals surface area contributed by atoms with E-state index in [1.54, 1.807) is 42.0 Å². The minimum absolute atomic E-state index is 0.0746. The van der Waals surface area contributed by atoms with Crippen LogP contribution in [-0.4, -0.2) is 28.9 Å². The average molecular weight is 356 g/mol. The van der Waals surface area contributed by atoms with Crippen molar-refractivity contribution in [2.45, 2.75) is 19.9 Å². The maximum atomic E-state index is 11.8. The van der Waals surface area contributed by atoms with Crippen molar-refractivity contribution in [2.75, 3.05) is 6.61 Å². The zero-order valence-electron chi connectivity index (χ0n) is 14.3. The molecule has 0 aliphatic carbocycles. The zero-order valence-corrected chi connectivity index (χ0v) is 14.3. The number of nitrogens with one attached hydrogen (secondary N) is 1. The van der Waals surface area contributed by atoms with Crippen molar-refractivity contribution in [1.29, 1.82) is 0 Å². The molecule has 136 valence electrons. The molecular weight excluding hydrogens is 336 g/mol. The van der Waals surface area contributed by atoms with Crippen LogP contribution in [0.4, 0.5) is 0 Å². The molecule has 8 heteroatoms. The highest BCUT2D eigenvalue weighted by molar-refractivity contribution is 6.34. The smallest absolute Gasteiger partial charge is 0.375 e. The van der Waals surface area contributed by atoms with Crippen LogP contribution in [0, 0.1) is 0 Å². The number of nitrogens with zero attached hydrogens (tertiary/aromatic N) is 2. The molecule has 0 aliphatic rings. The summed E-state index contributed by atoms with van der Waals surface area (Å²) in [4.78, 5) is 34.8. The molecule has 26 heavy (non-hydrogen) atoms. The Hall–Kier alpha value is -3.42. The number of aromatic nitrogens is 1. The molecule has 1 heterocycles. The van der Waals surface area contributed by atoms with Gasteiger partial charge >= 0.3 is 5.97 Å². The Morgan fingerprint density at radius 1 is 1.15 bits per heavy atom. The molecule has 8 nitrogen and oxygen atoms in total. The number of nitrogens with two attached hydrogens (primary N) is 1. The third-order valence-corrected chi connectivity index (χ3v) is 3.43. The number of carbonyl (C=O) groups is 2. The zero-order chi connectivity index (χ0) is 18.9. The summed E-state index contributed by atoms with van der Waals surface area (Å²) in [5.74, 6) is -1.61. The number of amides is 1. The fourth-order valence-corrected chi connectivity index (χ4v) is 2.15. The van der Waals surface area contributed by atoms with Crippen LogP contribution in [-0.2, 0) is 27.3 Å². The Labute approximate surface area is 150 Å². The van der Waals surface area contributed by atoms with Gasteiger partial charge in [-0.2, -0.15) is 0 Å². The molecule has 0 radical (unpaired) electrons. The van der Waals surface area contributed by atoms with Crippen molar-refractivity contribution in [2.24, 2.45) is 10.8 Å². The number of esters is 1. The van der Waals surface area contributed by atoms with Crippen molar-refractivity contribution in [3.63, 3.8) is 0 Å². The van der Waals surface area contributed by atoms with Crippen LogP contribution in [0.25, 0.3) is 0 Å². The van der Waals surface area contributed by atoms with E-state index in [2.05, 4.69) is 15.3 Å². The summed E-state index contributed by atoms with van der Waals surface area (Å²) in [6.07, 6.45) is 1.79. The Morgan fingerprint density at radius 3 is 2.50 bits per heavy atom. The molecule has 2 rings (SSSR count). The Bertz CT molecular complexity index is 856. The average Bonchev–Trinajstić information content (AvgIpc) is 2.63. The van der Waals surface area contributed by atoms with Crippen LogP contribution in [0.1, 0.15) is 18.1 Å². The van der Waals surface area contributed by atoms with Gasteiger partial charge in [0.2, 0.25) is 11.7 Å². The largest absolute Gasteiger partial charge is 0.460 e. The number of hydrogen-bond donors (Lipinski definition) is 2. The van der Waals surface area contributed by atoms with E-state index in [-0.39, 0.29) is 18.6 Å². The molecular formula is C18H20N4O4. The number of amidine groups is 1. The highest BCUT2D eigenvalue weighted by Crippen LogP contribution is 2.06. The minimum Gasteiger partial charge on any atom is -0.460 e. The lowest BCUT2D eigenvalue weighted by Gasteiger charge is -2.06. The summed E-state index contributed by atoms with van der Waals surface area (Å²) in [5.41, 5.74) is 9.21. The fourth-order valence-electron chi connectivity index (χ4n) is 2.15. The van der Waals surface area contributed by atoms with Crippen molar-refractivity contribution in [1.82, 2.24) is 9.99 Å². The van der Waals surface area contributed by atoms with Gasteiger partial charge in [0.05, 0.1) is 19.6 Å². The summed E-state index contributed by atoms with van der Waals surface area (Å²) in [6, 6.07) is 12.3. The summed E-state index contributed by atoms with van der Waals surface area (Å²) in [5, 5.41) is 3.50. The normalized spacial score (nSPS) is 11.0. The second kappa shape index (κ2) is 9.16. The maximum absolute atomic E-state index is 11.8. The first-order chi connectivity index (χ1) is 12.5. The van der Waals surface area contributed by atoms with Crippen LogP contribution in [0.15, 0.2) is 58.6 Å². The van der Waals surface area contributed by atoms with Crippen LogP contribution in [0.3, 0.4) is 0 Å². The first-order valence-electron chi connectivity index (χ1n) is 8.02. The third-order valence-electron chi connectivity index (χ3n) is 3.43. The van der Waals surface area contributed by atoms with E-state index in [0.717, 1.165) is 11.1 Å². The predicted molar refractivity (Wildman–Crippen MR) is 96.3 cm³/mol. The quantitative estimate of drug-likeness (QED) is 0.336. The van der Waals surface area contributed by atoms with Gasteiger partial charge in [-0.15, -0.1) is 5.10 Å². The molecule has 0 atom stereocenters. The first kappa shape index (κ1) is 18.9. The lowest BCUT2D eigenvalue weighted by Crippen LogP contribution is -2.31. The number of carbonyl (C=O) groups excluding carboxylic acids is 2. The number of benzene rings is 1. The molecule has 1 aromatic heterocycles. The van der Waals surface area contributed by atoms with Crippen LogP contribution < -0.4 is 16.7 Å². The molecule has 2 aromatic rings. The highest BCUT2D eigenvalue weighted by atomic mass is 16.5. The van der Waals surface area contributed by atoms with E-state index < -0.39 is 17.7 Å². The lowest BCUT2D eigenvalue weighted by molar-refractivity contribution is -0.135. The third kappa shape index (κ3) is 5.59. The van der Waals surface area contributed by atoms with Gasteiger partial charge in [0.15, 0.2) is 0 Å². The predicted octanol–water partition coefficient (Wildman–Crippen LogP) is 0.391. The van der Waals surface area contributed by atoms with Crippen molar-refractivity contribution in [3.05, 3.63) is 70.1 Å². The van der Waals surface area contributed by atoms with Crippen molar-refractivity contribution >= 4 is 17.7 Å². The van der Waals surface area contributed by atoms with Crippen molar-refractivity contribution in [3.8, 4) is 0 Å². The second-order valence-corrected chi connectivity index (χ2v) is 5.41. The van der Waals surface area contributed by atoms with Gasteiger partial charge < -0.3 is 15.0 Å². The van der Waals surface area contributed by atoms with E-state index >= 15 is 0 Å². The van der Waals surface area contributed by atoms with Gasteiger partial charge in [-0.25, -0.2) is 10.2 Å². The van der Waals surface area contributed by atoms with E-state index in [1.807, 2.05) is 12.1 Å². The van der Waals surface area contributed by atoms with Gasteiger partial charge in [0, 0.05) is 12.3 Å². The summed E-state index contributed by atoms with van der Waals surface area (Å²) < 4.78 is 6.25. The number of ether oxygens (including phenoxy) is 1. The number of hydrazone groups is 1. The second-order valence-electron chi connectivity index (χ2n) is 5.41. The van der Waals surface area contributed by atoms with Gasteiger partial charge in [-0.05, 0) is 24.1 Å². The Balaban J connectivity index is 1.91. The molecule has 0 aliphatic heterocycles. The summed E-state index contributed by atoms with van der Waals surface area (Å²) >= 11 is 0. The molecule has 1 aromatic carbocycles. The van der Waals surface area contributed by atoms with Gasteiger partial charge in [-0.3, -0.25) is 9.59 Å². The van der Waals surface area contributed by atoms with Crippen LogP contribution in [0.2, 0.25) is 0 Å². The fraction of sp³-hybridized carbons (Fsp3) is 0.222. The monoisotopic (exact) mass is 356 g/mol. The standard InChI is InChI=1S/C18H20N4O4/c1-2-26-18(25)17(19)21-20-15(23)11-13-6-8-14(9-7-13)12-22-10-4-3-5-16(22)24/h3-10H,2,11-12H2,1H3,(H2,19,21)(H,20,23). The number of pyridine rings is 1. The van der Waals surface area contributed by atoms with E-state index in [1.165, 1.54) is 6.07 Å². The molecule has 1 amide bonds. The van der Waals surface area contributed by atoms with E-state index in [0.29, 0.717) is 6.54 Å². The summed E-state index contributed by atoms with van der Waals surface area (Å²) in [6.45, 7) is 2.26. The maximum Gasteiger partial charge on any atom is 0.375 e. The number of hydrogen-bond acceptors (Lipinski definition) is 5. The van der Waals surface area contributed by atoms with E-state index in [9.17, 15) is 14.4 Å². The topological polar surface area (TPSA) is 116 Å². The molecule has 0 unspecified atom stereocenters. The SMILES string of the molecule is CCOC(=O)C(N)=NNC(=O)Cc1ccc(Cn2ccccc2=O)cc1. The van der Waals surface area contributed by atoms with Crippen LogP contribution >= 0.6 is 0 Å². The van der Waals surface area contributed by atoms with Crippen molar-refractivity contribution < 1.29 is 14.3 Å². The Morgan fingerprint density at radius 2 is 1.85 bits per heavy atom. The van der Waals surface area contributed by atoms with Crippen LogP contribution in [0.5, 0.6) is 0 Å². The van der Waals surface area contributed by atoms with Gasteiger partial charge in [-0.1, -0.05) is 30.3 Å². The molecule has 0 spiro atoms. The van der Waals surface area contributed by atoms with E-state index in [4.69, 9.17) is 5.73 Å². The summed E-state index contributed by atoms with van der Waals surface area (Å²) in [7, 11) is 0. The van der Waals surface area contributed by atoms with Gasteiger partial charge in [0.25, 0.3) is 5.56 Å². The van der Waals surface area contributed by atoms with Gasteiger partial charge in [0.1, 0.15) is 0 Å². The molecule has 3 N–H and O–H groups in total. The highest BCUT2D eigenvalue weighted by Gasteiger charge is 2.09. The molecule has 0 fully saturated rings. The molecule has 0 saturated heterocycles. The Kier molecular flexibility index (Phi) is 6.67.